The van der Waals surface area contributed by atoms with E-state index in [1.807, 2.05) is 46.2 Å². The van der Waals surface area contributed by atoms with E-state index in [9.17, 15) is 9.59 Å². The lowest BCUT2D eigenvalue weighted by Crippen LogP contribution is -2.39. The Kier molecular flexibility index (Phi) is 6.02. The minimum atomic E-state index is -0.309. The minimum absolute atomic E-state index is 0.158. The number of benzene rings is 1. The Balaban J connectivity index is 1.32. The van der Waals surface area contributed by atoms with Gasteiger partial charge in [-0.05, 0) is 37.8 Å². The Bertz CT molecular complexity index is 1040. The first-order valence-corrected chi connectivity index (χ1v) is 10.4. The normalized spacial score (nSPS) is 14.9. The summed E-state index contributed by atoms with van der Waals surface area (Å²) in [5, 5.41) is 4.55. The SMILES string of the molecule is NC(=O)CCCCC(=O)N1CCC(n2cc(-c3cnc4ccccc4n3)cn2)CC1. The molecule has 156 valence electrons. The standard InChI is InChI=1S/C22H26N6O2/c23-21(29)7-3-4-8-22(30)27-11-9-17(10-12-27)28-15-16(13-25-28)20-14-24-18-5-1-2-6-19(18)26-20/h1-2,5-6,13-15,17H,3-4,7-12H2,(H2,23,29). The fourth-order valence-corrected chi connectivity index (χ4v) is 3.88. The van der Waals surface area contributed by atoms with Crippen LogP contribution in [-0.2, 0) is 9.59 Å². The summed E-state index contributed by atoms with van der Waals surface area (Å²) in [5.74, 6) is -0.151. The molecular formula is C22H26N6O2. The summed E-state index contributed by atoms with van der Waals surface area (Å²) < 4.78 is 1.99. The zero-order chi connectivity index (χ0) is 20.9. The summed E-state index contributed by atoms with van der Waals surface area (Å²) in [5.41, 5.74) is 8.63. The van der Waals surface area contributed by atoms with E-state index in [1.54, 1.807) is 6.20 Å². The average Bonchev–Trinajstić information content (AvgIpc) is 3.26. The van der Waals surface area contributed by atoms with Crippen LogP contribution in [0.1, 0.15) is 44.6 Å². The molecule has 1 aliphatic heterocycles. The number of para-hydroxylation sites is 2. The maximum absolute atomic E-state index is 12.4. The van der Waals surface area contributed by atoms with E-state index in [0.717, 1.165) is 48.2 Å². The third kappa shape index (κ3) is 4.64. The number of hydrogen-bond acceptors (Lipinski definition) is 5. The van der Waals surface area contributed by atoms with E-state index in [0.29, 0.717) is 25.7 Å². The van der Waals surface area contributed by atoms with E-state index < -0.39 is 0 Å². The first-order valence-electron chi connectivity index (χ1n) is 10.4. The third-order valence-corrected chi connectivity index (χ3v) is 5.60. The van der Waals surface area contributed by atoms with E-state index in [4.69, 9.17) is 5.73 Å². The predicted molar refractivity (Wildman–Crippen MR) is 113 cm³/mol. The fourth-order valence-electron chi connectivity index (χ4n) is 3.88. The van der Waals surface area contributed by atoms with Gasteiger partial charge in [0.2, 0.25) is 11.8 Å². The van der Waals surface area contributed by atoms with Crippen molar-refractivity contribution in [1.82, 2.24) is 24.6 Å². The molecule has 0 aliphatic carbocycles. The molecule has 0 saturated carbocycles. The maximum Gasteiger partial charge on any atom is 0.222 e. The number of likely N-dealkylation sites (tertiary alicyclic amines) is 1. The van der Waals surface area contributed by atoms with Crippen molar-refractivity contribution in [2.45, 2.75) is 44.6 Å². The molecule has 0 bridgehead atoms. The van der Waals surface area contributed by atoms with Gasteiger partial charge in [-0.1, -0.05) is 12.1 Å². The molecule has 3 aromatic rings. The lowest BCUT2D eigenvalue weighted by molar-refractivity contribution is -0.132. The Morgan fingerprint density at radius 3 is 2.53 bits per heavy atom. The van der Waals surface area contributed by atoms with Crippen LogP contribution in [0, 0.1) is 0 Å². The van der Waals surface area contributed by atoms with Crippen LogP contribution >= 0.6 is 0 Å². The molecule has 4 rings (SSSR count). The van der Waals surface area contributed by atoms with Crippen LogP contribution in [0.15, 0.2) is 42.9 Å². The zero-order valence-corrected chi connectivity index (χ0v) is 16.9. The number of nitrogens with zero attached hydrogens (tertiary/aromatic N) is 5. The molecule has 8 heteroatoms. The van der Waals surface area contributed by atoms with Crippen molar-refractivity contribution in [3.05, 3.63) is 42.9 Å². The zero-order valence-electron chi connectivity index (χ0n) is 16.9. The summed E-state index contributed by atoms with van der Waals surface area (Å²) in [6, 6.07) is 8.08. The number of carbonyl (C=O) groups is 2. The van der Waals surface area contributed by atoms with Crippen molar-refractivity contribution in [3.8, 4) is 11.3 Å². The van der Waals surface area contributed by atoms with Crippen molar-refractivity contribution >= 4 is 22.8 Å². The molecule has 0 atom stereocenters. The molecule has 1 saturated heterocycles. The molecule has 30 heavy (non-hydrogen) atoms. The van der Waals surface area contributed by atoms with Gasteiger partial charge >= 0.3 is 0 Å². The van der Waals surface area contributed by atoms with Crippen molar-refractivity contribution in [2.24, 2.45) is 5.73 Å². The van der Waals surface area contributed by atoms with Crippen LogP contribution in [0.3, 0.4) is 0 Å². The largest absolute Gasteiger partial charge is 0.370 e. The number of fused-ring (bicyclic) bond motifs is 1. The lowest BCUT2D eigenvalue weighted by Gasteiger charge is -2.32. The Labute approximate surface area is 175 Å². The second-order valence-corrected chi connectivity index (χ2v) is 7.74. The van der Waals surface area contributed by atoms with Crippen molar-refractivity contribution in [1.29, 1.82) is 0 Å². The molecule has 1 aromatic carbocycles. The number of piperidine rings is 1. The molecular weight excluding hydrogens is 380 g/mol. The van der Waals surface area contributed by atoms with Gasteiger partial charge in [-0.3, -0.25) is 19.3 Å². The van der Waals surface area contributed by atoms with Gasteiger partial charge in [-0.25, -0.2) is 4.98 Å². The molecule has 0 spiro atoms. The van der Waals surface area contributed by atoms with Crippen LogP contribution in [0.25, 0.3) is 22.3 Å². The van der Waals surface area contributed by atoms with Gasteiger partial charge in [-0.2, -0.15) is 5.10 Å². The van der Waals surface area contributed by atoms with Crippen LogP contribution < -0.4 is 5.73 Å². The number of amides is 2. The fraction of sp³-hybridized carbons (Fsp3) is 0.409. The first kappa shape index (κ1) is 20.0. The molecule has 2 N–H and O–H groups in total. The second kappa shape index (κ2) is 9.02. The summed E-state index contributed by atoms with van der Waals surface area (Å²) in [6.45, 7) is 1.45. The van der Waals surface area contributed by atoms with Crippen LogP contribution in [0.4, 0.5) is 0 Å². The summed E-state index contributed by atoms with van der Waals surface area (Å²) >= 11 is 0. The molecule has 8 nitrogen and oxygen atoms in total. The Morgan fingerprint density at radius 1 is 1.03 bits per heavy atom. The average molecular weight is 406 g/mol. The number of nitrogens with two attached hydrogens (primary N) is 1. The molecule has 1 fully saturated rings. The Morgan fingerprint density at radius 2 is 1.77 bits per heavy atom. The quantitative estimate of drug-likeness (QED) is 0.607. The highest BCUT2D eigenvalue weighted by atomic mass is 16.2. The molecule has 0 unspecified atom stereocenters. The van der Waals surface area contributed by atoms with Crippen molar-refractivity contribution in [2.75, 3.05) is 13.1 Å². The number of rotatable bonds is 7. The summed E-state index contributed by atoms with van der Waals surface area (Å²) in [6.07, 6.45) is 9.57. The smallest absolute Gasteiger partial charge is 0.222 e. The summed E-state index contributed by atoms with van der Waals surface area (Å²) in [7, 11) is 0. The van der Waals surface area contributed by atoms with Gasteiger partial charge in [0.1, 0.15) is 0 Å². The molecule has 3 heterocycles. The molecule has 2 amide bonds. The van der Waals surface area contributed by atoms with Gasteiger partial charge in [0.15, 0.2) is 0 Å². The van der Waals surface area contributed by atoms with E-state index in [2.05, 4.69) is 15.1 Å². The number of aromatic nitrogens is 4. The van der Waals surface area contributed by atoms with E-state index in [-0.39, 0.29) is 17.9 Å². The number of hydrogen-bond donors (Lipinski definition) is 1. The highest BCUT2D eigenvalue weighted by molar-refractivity contribution is 5.77. The summed E-state index contributed by atoms with van der Waals surface area (Å²) in [4.78, 5) is 34.2. The molecule has 1 aliphatic rings. The third-order valence-electron chi connectivity index (χ3n) is 5.60. The van der Waals surface area contributed by atoms with Crippen LogP contribution in [-0.4, -0.2) is 49.6 Å². The van der Waals surface area contributed by atoms with Crippen LogP contribution in [0.5, 0.6) is 0 Å². The lowest BCUT2D eigenvalue weighted by atomic mass is 10.0. The topological polar surface area (TPSA) is 107 Å². The molecule has 2 aromatic heterocycles. The number of primary amides is 1. The minimum Gasteiger partial charge on any atom is -0.370 e. The highest BCUT2D eigenvalue weighted by Gasteiger charge is 2.24. The van der Waals surface area contributed by atoms with Gasteiger partial charge in [0.25, 0.3) is 0 Å². The van der Waals surface area contributed by atoms with E-state index in [1.165, 1.54) is 0 Å². The van der Waals surface area contributed by atoms with E-state index >= 15 is 0 Å². The van der Waals surface area contributed by atoms with Gasteiger partial charge in [-0.15, -0.1) is 0 Å². The van der Waals surface area contributed by atoms with Gasteiger partial charge in [0, 0.05) is 37.7 Å². The Hall–Kier alpha value is -3.29. The van der Waals surface area contributed by atoms with Crippen molar-refractivity contribution < 1.29 is 9.59 Å². The number of unbranched alkanes of at least 4 members (excludes halogenated alkanes) is 1. The van der Waals surface area contributed by atoms with Gasteiger partial charge < -0.3 is 10.6 Å². The monoisotopic (exact) mass is 406 g/mol. The highest BCUT2D eigenvalue weighted by Crippen LogP contribution is 2.25. The molecule has 0 radical (unpaired) electrons. The van der Waals surface area contributed by atoms with Crippen LogP contribution in [0.2, 0.25) is 0 Å². The first-order chi connectivity index (χ1) is 14.6. The second-order valence-electron chi connectivity index (χ2n) is 7.74. The van der Waals surface area contributed by atoms with Gasteiger partial charge in [0.05, 0.1) is 35.2 Å². The van der Waals surface area contributed by atoms with Crippen molar-refractivity contribution in [3.63, 3.8) is 0 Å². The maximum atomic E-state index is 12.4. The predicted octanol–water partition coefficient (Wildman–Crippen LogP) is 2.70. The number of carbonyl (C=O) groups excluding carboxylic acids is 2.